The zero-order chi connectivity index (χ0) is 18.7. The molecule has 1 aliphatic rings. The molecule has 5 nitrogen and oxygen atoms in total. The number of carbonyl (C=O) groups excluding carboxylic acids is 2. The lowest BCUT2D eigenvalue weighted by Gasteiger charge is -2.16. The third-order valence-corrected chi connectivity index (χ3v) is 4.91. The van der Waals surface area contributed by atoms with Gasteiger partial charge < -0.3 is 4.90 Å². The van der Waals surface area contributed by atoms with Crippen LogP contribution in [0.15, 0.2) is 47.6 Å². The second kappa shape index (κ2) is 8.08. The van der Waals surface area contributed by atoms with Gasteiger partial charge in [-0.05, 0) is 36.4 Å². The van der Waals surface area contributed by atoms with Crippen LogP contribution in [-0.4, -0.2) is 24.6 Å². The van der Waals surface area contributed by atoms with Crippen LogP contribution in [0.2, 0.25) is 15.1 Å². The van der Waals surface area contributed by atoms with E-state index in [1.165, 1.54) is 6.21 Å². The number of hydrogen-bond acceptors (Lipinski definition) is 3. The van der Waals surface area contributed by atoms with Gasteiger partial charge in [-0.15, -0.1) is 0 Å². The fraction of sp³-hybridized carbons (Fsp3) is 0.167. The fourth-order valence-electron chi connectivity index (χ4n) is 2.64. The molecule has 0 radical (unpaired) electrons. The molecule has 1 N–H and O–H groups in total. The Hall–Kier alpha value is -2.08. The van der Waals surface area contributed by atoms with Crippen molar-refractivity contribution in [3.63, 3.8) is 0 Å². The minimum absolute atomic E-state index is 0.120. The molecule has 0 unspecified atom stereocenters. The quantitative estimate of drug-likeness (QED) is 0.608. The van der Waals surface area contributed by atoms with Gasteiger partial charge in [0.05, 0.1) is 22.2 Å². The van der Waals surface area contributed by atoms with Gasteiger partial charge in [0.25, 0.3) is 0 Å². The van der Waals surface area contributed by atoms with E-state index in [1.54, 1.807) is 47.4 Å². The van der Waals surface area contributed by atoms with E-state index in [2.05, 4.69) is 10.5 Å². The third-order valence-electron chi connectivity index (χ3n) is 4.00. The fourth-order valence-corrected chi connectivity index (χ4v) is 3.26. The number of hydrazone groups is 1. The van der Waals surface area contributed by atoms with Crippen molar-refractivity contribution in [3.8, 4) is 0 Å². The largest absolute Gasteiger partial charge is 0.312 e. The molecule has 1 aliphatic heterocycles. The van der Waals surface area contributed by atoms with Crippen molar-refractivity contribution < 1.29 is 9.59 Å². The monoisotopic (exact) mass is 409 g/mol. The molecule has 1 saturated heterocycles. The summed E-state index contributed by atoms with van der Waals surface area (Å²) in [4.78, 5) is 26.1. The number of amides is 2. The van der Waals surface area contributed by atoms with Gasteiger partial charge in [-0.25, -0.2) is 5.43 Å². The summed E-state index contributed by atoms with van der Waals surface area (Å²) in [5, 5.41) is 5.35. The highest BCUT2D eigenvalue weighted by Gasteiger charge is 2.35. The topological polar surface area (TPSA) is 61.8 Å². The molecule has 0 spiro atoms. The van der Waals surface area contributed by atoms with Crippen LogP contribution >= 0.6 is 34.8 Å². The number of hydrogen-bond donors (Lipinski definition) is 1. The maximum atomic E-state index is 12.3. The van der Waals surface area contributed by atoms with Crippen LogP contribution in [0.4, 0.5) is 5.69 Å². The standard InChI is InChI=1S/C18H14Cl3N3O2/c19-12-4-6-13(7-5-12)24-10-11(8-17(24)25)18(26)23-22-9-14-15(20)2-1-3-16(14)21/h1-7,9,11H,8,10H2,(H,23,26)/b22-9-/t11-/m1/s1. The van der Waals surface area contributed by atoms with E-state index >= 15 is 0 Å². The Kier molecular flexibility index (Phi) is 5.81. The maximum Gasteiger partial charge on any atom is 0.245 e. The van der Waals surface area contributed by atoms with Crippen molar-refractivity contribution >= 4 is 58.5 Å². The second-order valence-electron chi connectivity index (χ2n) is 5.75. The summed E-state index contributed by atoms with van der Waals surface area (Å²) in [6.45, 7) is 0.286. The molecule has 2 aromatic carbocycles. The normalized spacial score (nSPS) is 17.1. The zero-order valence-corrected chi connectivity index (χ0v) is 15.7. The molecule has 0 aliphatic carbocycles. The molecule has 0 bridgehead atoms. The first kappa shape index (κ1) is 18.7. The van der Waals surface area contributed by atoms with Gasteiger partial charge in [0.2, 0.25) is 11.8 Å². The van der Waals surface area contributed by atoms with Crippen LogP contribution in [-0.2, 0) is 9.59 Å². The van der Waals surface area contributed by atoms with Crippen LogP contribution < -0.4 is 10.3 Å². The molecule has 2 aromatic rings. The van der Waals surface area contributed by atoms with Crippen LogP contribution in [0.25, 0.3) is 0 Å². The van der Waals surface area contributed by atoms with E-state index in [9.17, 15) is 9.59 Å². The summed E-state index contributed by atoms with van der Waals surface area (Å²) in [5.41, 5.74) is 3.67. The van der Waals surface area contributed by atoms with Gasteiger partial charge in [0, 0.05) is 29.2 Å². The van der Waals surface area contributed by atoms with Crippen molar-refractivity contribution in [1.29, 1.82) is 0 Å². The zero-order valence-electron chi connectivity index (χ0n) is 13.5. The van der Waals surface area contributed by atoms with E-state index in [-0.39, 0.29) is 24.8 Å². The number of anilines is 1. The lowest BCUT2D eigenvalue weighted by Crippen LogP contribution is -2.30. The molecule has 8 heteroatoms. The Morgan fingerprint density at radius 1 is 1.12 bits per heavy atom. The molecular formula is C18H14Cl3N3O2. The predicted molar refractivity (Wildman–Crippen MR) is 104 cm³/mol. The van der Waals surface area contributed by atoms with E-state index < -0.39 is 5.92 Å². The molecule has 1 fully saturated rings. The Bertz CT molecular complexity index is 848. The molecule has 3 rings (SSSR count). The third kappa shape index (κ3) is 4.18. The lowest BCUT2D eigenvalue weighted by molar-refractivity contribution is -0.126. The van der Waals surface area contributed by atoms with Gasteiger partial charge in [0.15, 0.2) is 0 Å². The Balaban J connectivity index is 1.63. The number of rotatable bonds is 4. The molecule has 1 atom stereocenters. The average Bonchev–Trinajstić information content (AvgIpc) is 3.00. The molecule has 0 aromatic heterocycles. The highest BCUT2D eigenvalue weighted by Crippen LogP contribution is 2.26. The van der Waals surface area contributed by atoms with Gasteiger partial charge in [0.1, 0.15) is 0 Å². The summed E-state index contributed by atoms with van der Waals surface area (Å²) in [6.07, 6.45) is 1.51. The van der Waals surface area contributed by atoms with Crippen LogP contribution in [0.5, 0.6) is 0 Å². The first-order chi connectivity index (χ1) is 12.5. The van der Waals surface area contributed by atoms with Crippen molar-refractivity contribution in [2.24, 2.45) is 11.0 Å². The van der Waals surface area contributed by atoms with Crippen LogP contribution in [0, 0.1) is 5.92 Å². The number of nitrogens with zero attached hydrogens (tertiary/aromatic N) is 2. The smallest absolute Gasteiger partial charge is 0.245 e. The van der Waals surface area contributed by atoms with Crippen molar-refractivity contribution in [2.75, 3.05) is 11.4 Å². The number of nitrogens with one attached hydrogen (secondary N) is 1. The van der Waals surface area contributed by atoms with Crippen LogP contribution in [0.1, 0.15) is 12.0 Å². The molecule has 0 saturated carbocycles. The second-order valence-corrected chi connectivity index (χ2v) is 7.00. The Labute approximate surface area is 165 Å². The molecular weight excluding hydrogens is 397 g/mol. The number of halogens is 3. The Morgan fingerprint density at radius 3 is 2.42 bits per heavy atom. The summed E-state index contributed by atoms with van der Waals surface area (Å²) in [5.74, 6) is -0.947. The van der Waals surface area contributed by atoms with E-state index in [4.69, 9.17) is 34.8 Å². The lowest BCUT2D eigenvalue weighted by atomic mass is 10.1. The summed E-state index contributed by atoms with van der Waals surface area (Å²) >= 11 is 17.9. The molecule has 2 amide bonds. The summed E-state index contributed by atoms with van der Waals surface area (Å²) in [7, 11) is 0. The van der Waals surface area contributed by atoms with Crippen molar-refractivity contribution in [3.05, 3.63) is 63.1 Å². The first-order valence-electron chi connectivity index (χ1n) is 7.78. The van der Waals surface area contributed by atoms with Crippen molar-refractivity contribution in [1.82, 2.24) is 5.43 Å². The number of benzene rings is 2. The number of carbonyl (C=O) groups is 2. The van der Waals surface area contributed by atoms with Crippen molar-refractivity contribution in [2.45, 2.75) is 6.42 Å². The summed E-state index contributed by atoms with van der Waals surface area (Å²) < 4.78 is 0. The summed E-state index contributed by atoms with van der Waals surface area (Å²) in [6, 6.07) is 12.0. The minimum atomic E-state index is -0.489. The van der Waals surface area contributed by atoms with Gasteiger partial charge >= 0.3 is 0 Å². The van der Waals surface area contributed by atoms with Gasteiger partial charge in [-0.1, -0.05) is 40.9 Å². The van der Waals surface area contributed by atoms with E-state index in [0.29, 0.717) is 26.3 Å². The van der Waals surface area contributed by atoms with Gasteiger partial charge in [-0.2, -0.15) is 5.10 Å². The average molecular weight is 411 g/mol. The minimum Gasteiger partial charge on any atom is -0.312 e. The van der Waals surface area contributed by atoms with E-state index in [1.807, 2.05) is 0 Å². The Morgan fingerprint density at radius 2 is 1.77 bits per heavy atom. The molecule has 1 heterocycles. The first-order valence-corrected chi connectivity index (χ1v) is 8.92. The highest BCUT2D eigenvalue weighted by molar-refractivity contribution is 6.38. The highest BCUT2D eigenvalue weighted by atomic mass is 35.5. The van der Waals surface area contributed by atoms with E-state index in [0.717, 1.165) is 0 Å². The van der Waals surface area contributed by atoms with Crippen LogP contribution in [0.3, 0.4) is 0 Å². The van der Waals surface area contributed by atoms with Gasteiger partial charge in [-0.3, -0.25) is 9.59 Å². The SMILES string of the molecule is O=C(N/N=C\c1c(Cl)cccc1Cl)[C@@H]1CC(=O)N(c2ccc(Cl)cc2)C1. The maximum absolute atomic E-state index is 12.3. The predicted octanol–water partition coefficient (Wildman–Crippen LogP) is 4.15. The molecule has 134 valence electrons. The molecule has 26 heavy (non-hydrogen) atoms.